The Morgan fingerprint density at radius 3 is 2.86 bits per heavy atom. The molecule has 2 aromatic rings. The fourth-order valence-electron chi connectivity index (χ4n) is 2.37. The normalized spacial score (nSPS) is 14.2. The molecule has 0 saturated carbocycles. The van der Waals surface area contributed by atoms with E-state index in [1.807, 2.05) is 45.0 Å². The number of carbonyl (C=O) groups excluding carboxylic acids is 1. The van der Waals surface area contributed by atoms with Gasteiger partial charge in [0.2, 0.25) is 0 Å². The predicted molar refractivity (Wildman–Crippen MR) is 83.1 cm³/mol. The molecular formula is C16H19N3O3. The number of hydrogen-bond acceptors (Lipinski definition) is 4. The first-order valence-corrected chi connectivity index (χ1v) is 7.22. The van der Waals surface area contributed by atoms with Crippen LogP contribution in [0.15, 0.2) is 30.5 Å². The highest BCUT2D eigenvalue weighted by Crippen LogP contribution is 2.40. The summed E-state index contributed by atoms with van der Waals surface area (Å²) in [5.41, 5.74) is 1.91. The summed E-state index contributed by atoms with van der Waals surface area (Å²) in [7, 11) is 0. The molecule has 0 radical (unpaired) electrons. The molecule has 1 amide bonds. The summed E-state index contributed by atoms with van der Waals surface area (Å²) >= 11 is 0. The van der Waals surface area contributed by atoms with E-state index in [1.165, 1.54) is 0 Å². The van der Waals surface area contributed by atoms with Crippen LogP contribution in [0.1, 0.15) is 20.8 Å². The first-order valence-electron chi connectivity index (χ1n) is 7.22. The van der Waals surface area contributed by atoms with Crippen LogP contribution in [0.3, 0.4) is 0 Å². The Balaban J connectivity index is 1.98. The average molecular weight is 301 g/mol. The van der Waals surface area contributed by atoms with E-state index in [4.69, 9.17) is 9.47 Å². The van der Waals surface area contributed by atoms with E-state index in [-0.39, 0.29) is 6.09 Å². The Morgan fingerprint density at radius 1 is 1.36 bits per heavy atom. The van der Waals surface area contributed by atoms with Crippen LogP contribution in [0.25, 0.3) is 11.3 Å². The highest BCUT2D eigenvalue weighted by Gasteiger charge is 2.29. The highest BCUT2D eigenvalue weighted by molar-refractivity contribution is 5.93. The lowest BCUT2D eigenvalue weighted by atomic mass is 10.1. The van der Waals surface area contributed by atoms with E-state index in [0.29, 0.717) is 24.6 Å². The van der Waals surface area contributed by atoms with Gasteiger partial charge in [-0.2, -0.15) is 5.10 Å². The van der Waals surface area contributed by atoms with Crippen LogP contribution >= 0.6 is 0 Å². The van der Waals surface area contributed by atoms with E-state index in [9.17, 15) is 4.79 Å². The maximum Gasteiger partial charge on any atom is 0.415 e. The summed E-state index contributed by atoms with van der Waals surface area (Å²) in [6.07, 6.45) is 1.32. The number of ether oxygens (including phenoxy) is 2. The number of rotatable bonds is 1. The third-order valence-corrected chi connectivity index (χ3v) is 3.25. The van der Waals surface area contributed by atoms with Crippen LogP contribution in [0.4, 0.5) is 10.5 Å². The number of aromatic amines is 1. The van der Waals surface area contributed by atoms with Gasteiger partial charge in [-0.25, -0.2) is 4.79 Å². The highest BCUT2D eigenvalue weighted by atomic mass is 16.6. The zero-order valence-electron chi connectivity index (χ0n) is 12.9. The third kappa shape index (κ3) is 2.77. The van der Waals surface area contributed by atoms with Crippen molar-refractivity contribution in [3.63, 3.8) is 0 Å². The van der Waals surface area contributed by atoms with E-state index >= 15 is 0 Å². The fourth-order valence-corrected chi connectivity index (χ4v) is 2.37. The SMILES string of the molecule is CC(C)(C)OC(=O)N1CCOc2c(-c3ccn[nH]3)cccc21. The quantitative estimate of drug-likeness (QED) is 0.878. The van der Waals surface area contributed by atoms with E-state index in [2.05, 4.69) is 10.2 Å². The molecule has 1 aromatic carbocycles. The second-order valence-electron chi connectivity index (χ2n) is 6.10. The summed E-state index contributed by atoms with van der Waals surface area (Å²) in [6, 6.07) is 7.55. The molecular weight excluding hydrogens is 282 g/mol. The van der Waals surface area contributed by atoms with Gasteiger partial charge >= 0.3 is 6.09 Å². The van der Waals surface area contributed by atoms with Crippen molar-refractivity contribution in [1.29, 1.82) is 0 Å². The van der Waals surface area contributed by atoms with Crippen molar-refractivity contribution in [2.24, 2.45) is 0 Å². The third-order valence-electron chi connectivity index (χ3n) is 3.25. The Labute approximate surface area is 129 Å². The van der Waals surface area contributed by atoms with Gasteiger partial charge in [0.25, 0.3) is 0 Å². The predicted octanol–water partition coefficient (Wildman–Crippen LogP) is 3.21. The van der Waals surface area contributed by atoms with Gasteiger partial charge in [-0.3, -0.25) is 10.00 Å². The van der Waals surface area contributed by atoms with Crippen LogP contribution < -0.4 is 9.64 Å². The Bertz CT molecular complexity index is 674. The molecule has 3 rings (SSSR count). The van der Waals surface area contributed by atoms with Gasteiger partial charge in [0, 0.05) is 11.8 Å². The second-order valence-corrected chi connectivity index (χ2v) is 6.10. The topological polar surface area (TPSA) is 67.4 Å². The Morgan fingerprint density at radius 2 is 2.18 bits per heavy atom. The van der Waals surface area contributed by atoms with Gasteiger partial charge in [0.15, 0.2) is 5.75 Å². The average Bonchev–Trinajstić information content (AvgIpc) is 2.98. The molecule has 22 heavy (non-hydrogen) atoms. The minimum Gasteiger partial charge on any atom is -0.489 e. The number of H-pyrrole nitrogens is 1. The standard InChI is InChI=1S/C16H19N3O3/c1-16(2,3)22-15(20)19-9-10-21-14-11(5-4-6-13(14)19)12-7-8-17-18-12/h4-8H,9-10H2,1-3H3,(H,17,18). The van der Waals surface area contributed by atoms with Gasteiger partial charge in [-0.05, 0) is 39.0 Å². The number of hydrogen-bond donors (Lipinski definition) is 1. The molecule has 0 atom stereocenters. The van der Waals surface area contributed by atoms with Crippen LogP contribution in [0.2, 0.25) is 0 Å². The lowest BCUT2D eigenvalue weighted by Gasteiger charge is -2.32. The Hall–Kier alpha value is -2.50. The first-order chi connectivity index (χ1) is 10.5. The molecule has 2 heterocycles. The molecule has 1 aromatic heterocycles. The number of aromatic nitrogens is 2. The summed E-state index contributed by atoms with van der Waals surface area (Å²) in [5, 5.41) is 6.89. The molecule has 1 aliphatic heterocycles. The molecule has 0 unspecified atom stereocenters. The van der Waals surface area contributed by atoms with Crippen LogP contribution in [-0.4, -0.2) is 35.0 Å². The van der Waals surface area contributed by atoms with Crippen molar-refractivity contribution in [2.45, 2.75) is 26.4 Å². The largest absolute Gasteiger partial charge is 0.489 e. The zero-order chi connectivity index (χ0) is 15.7. The maximum atomic E-state index is 12.4. The second kappa shape index (κ2) is 5.36. The molecule has 0 saturated heterocycles. The molecule has 116 valence electrons. The van der Waals surface area contributed by atoms with Gasteiger partial charge in [-0.1, -0.05) is 6.07 Å². The number of fused-ring (bicyclic) bond motifs is 1. The summed E-state index contributed by atoms with van der Waals surface area (Å²) in [5.74, 6) is 0.670. The number of benzene rings is 1. The summed E-state index contributed by atoms with van der Waals surface area (Å²) in [4.78, 5) is 14.0. The summed E-state index contributed by atoms with van der Waals surface area (Å²) in [6.45, 7) is 6.46. The van der Waals surface area contributed by atoms with Crippen molar-refractivity contribution in [2.75, 3.05) is 18.1 Å². The number of anilines is 1. The molecule has 0 fully saturated rings. The molecule has 6 heteroatoms. The molecule has 1 aliphatic rings. The van der Waals surface area contributed by atoms with Gasteiger partial charge in [0.05, 0.1) is 17.9 Å². The number of carbonyl (C=O) groups is 1. The van der Waals surface area contributed by atoms with E-state index in [1.54, 1.807) is 11.1 Å². The number of nitrogens with zero attached hydrogens (tertiary/aromatic N) is 2. The molecule has 1 N–H and O–H groups in total. The van der Waals surface area contributed by atoms with Crippen molar-refractivity contribution >= 4 is 11.8 Å². The van der Waals surface area contributed by atoms with E-state index in [0.717, 1.165) is 11.3 Å². The van der Waals surface area contributed by atoms with Crippen molar-refractivity contribution in [3.05, 3.63) is 30.5 Å². The Kier molecular flexibility index (Phi) is 3.52. The number of amides is 1. The maximum absolute atomic E-state index is 12.4. The molecule has 6 nitrogen and oxygen atoms in total. The minimum atomic E-state index is -0.531. The van der Waals surface area contributed by atoms with Crippen molar-refractivity contribution < 1.29 is 14.3 Å². The van der Waals surface area contributed by atoms with Gasteiger partial charge in [-0.15, -0.1) is 0 Å². The molecule has 0 spiro atoms. The number of nitrogens with one attached hydrogen (secondary N) is 1. The first kappa shape index (κ1) is 14.4. The van der Waals surface area contributed by atoms with Crippen LogP contribution in [0, 0.1) is 0 Å². The minimum absolute atomic E-state index is 0.362. The van der Waals surface area contributed by atoms with Crippen LogP contribution in [-0.2, 0) is 4.74 Å². The molecule has 0 aliphatic carbocycles. The lowest BCUT2D eigenvalue weighted by Crippen LogP contribution is -2.41. The monoisotopic (exact) mass is 301 g/mol. The van der Waals surface area contributed by atoms with E-state index < -0.39 is 5.60 Å². The van der Waals surface area contributed by atoms with Crippen molar-refractivity contribution in [1.82, 2.24) is 10.2 Å². The van der Waals surface area contributed by atoms with Gasteiger partial charge in [0.1, 0.15) is 12.2 Å². The van der Waals surface area contributed by atoms with Gasteiger partial charge < -0.3 is 9.47 Å². The number of para-hydroxylation sites is 1. The lowest BCUT2D eigenvalue weighted by molar-refractivity contribution is 0.0568. The molecule has 0 bridgehead atoms. The smallest absolute Gasteiger partial charge is 0.415 e. The summed E-state index contributed by atoms with van der Waals surface area (Å²) < 4.78 is 11.3. The zero-order valence-corrected chi connectivity index (χ0v) is 12.9. The fraction of sp³-hybridized carbons (Fsp3) is 0.375. The van der Waals surface area contributed by atoms with Crippen molar-refractivity contribution in [3.8, 4) is 17.0 Å². The van der Waals surface area contributed by atoms with Crippen LogP contribution in [0.5, 0.6) is 5.75 Å².